The van der Waals surface area contributed by atoms with Crippen molar-refractivity contribution in [1.29, 1.82) is 0 Å². The lowest BCUT2D eigenvalue weighted by Gasteiger charge is -2.23. The first-order chi connectivity index (χ1) is 12.1. The molecule has 0 bridgehead atoms. The molecule has 0 aliphatic heterocycles. The Kier molecular flexibility index (Phi) is 6.52. The zero-order chi connectivity index (χ0) is 18.2. The highest BCUT2D eigenvalue weighted by molar-refractivity contribution is 5.98. The summed E-state index contributed by atoms with van der Waals surface area (Å²) < 4.78 is 9.65. The molecule has 2 aromatic rings. The average Bonchev–Trinajstić information content (AvgIpc) is 2.67. The Morgan fingerprint density at radius 3 is 1.80 bits per heavy atom. The third kappa shape index (κ3) is 4.57. The van der Waals surface area contributed by atoms with Crippen LogP contribution >= 0.6 is 0 Å². The van der Waals surface area contributed by atoms with E-state index in [0.717, 1.165) is 16.7 Å². The Hall–Kier alpha value is -2.88. The normalized spacial score (nSPS) is 12.6. The van der Waals surface area contributed by atoms with Crippen LogP contribution < -0.4 is 0 Å². The van der Waals surface area contributed by atoms with Gasteiger partial charge in [0.1, 0.15) is 0 Å². The summed E-state index contributed by atoms with van der Waals surface area (Å²) in [6, 6.07) is 19.4. The third-order valence-corrected chi connectivity index (χ3v) is 4.13. The predicted octanol–water partition coefficient (Wildman–Crippen LogP) is 3.83. The molecule has 0 N–H and O–H groups in total. The van der Waals surface area contributed by atoms with Crippen LogP contribution in [0.1, 0.15) is 18.1 Å². The minimum atomic E-state index is -1.02. The number of hydrogen-bond donors (Lipinski definition) is 0. The van der Waals surface area contributed by atoms with Crippen LogP contribution in [0.4, 0.5) is 0 Å². The average molecular weight is 338 g/mol. The molecule has 0 aromatic heterocycles. The lowest BCUT2D eigenvalue weighted by atomic mass is 9.82. The first-order valence-corrected chi connectivity index (χ1v) is 8.06. The van der Waals surface area contributed by atoms with E-state index in [1.807, 2.05) is 73.7 Å². The smallest absolute Gasteiger partial charge is 0.320 e. The fourth-order valence-electron chi connectivity index (χ4n) is 2.78. The maximum atomic E-state index is 12.2. The zero-order valence-corrected chi connectivity index (χ0v) is 14.6. The van der Waals surface area contributed by atoms with E-state index in [-0.39, 0.29) is 0 Å². The fraction of sp³-hybridized carbons (Fsp3) is 0.238. The lowest BCUT2D eigenvalue weighted by Crippen LogP contribution is -2.32. The maximum Gasteiger partial charge on any atom is 0.320 e. The van der Waals surface area contributed by atoms with Gasteiger partial charge in [-0.05, 0) is 16.7 Å². The highest BCUT2D eigenvalue weighted by atomic mass is 16.5. The maximum absolute atomic E-state index is 12.2. The molecular weight excluding hydrogens is 316 g/mol. The van der Waals surface area contributed by atoms with Gasteiger partial charge >= 0.3 is 11.9 Å². The van der Waals surface area contributed by atoms with Crippen LogP contribution in [0.2, 0.25) is 0 Å². The number of ether oxygens (including phenoxy) is 2. The van der Waals surface area contributed by atoms with Gasteiger partial charge in [0.05, 0.1) is 14.2 Å². The molecule has 0 radical (unpaired) electrons. The molecule has 0 fully saturated rings. The van der Waals surface area contributed by atoms with E-state index in [9.17, 15) is 9.59 Å². The van der Waals surface area contributed by atoms with Gasteiger partial charge < -0.3 is 9.47 Å². The fourth-order valence-corrected chi connectivity index (χ4v) is 2.78. The Labute approximate surface area is 148 Å². The highest BCUT2D eigenvalue weighted by Crippen LogP contribution is 2.32. The second-order valence-electron chi connectivity index (χ2n) is 5.69. The molecule has 4 nitrogen and oxygen atoms in total. The molecular formula is C21H22O4. The molecule has 25 heavy (non-hydrogen) atoms. The minimum Gasteiger partial charge on any atom is -0.468 e. The standard InChI is InChI=1S/C21H22O4/c1-15(19(20(22)24-2)21(23)25-3)18(17-12-8-5-9-13-17)14-16-10-6-4-7-11-16/h4-15,19H,1-3H3/b18-14-/t15-/m1/s1. The quantitative estimate of drug-likeness (QED) is 0.456. The van der Waals surface area contributed by atoms with Crippen LogP contribution in [0.5, 0.6) is 0 Å². The Bertz CT molecular complexity index is 719. The second-order valence-corrected chi connectivity index (χ2v) is 5.69. The van der Waals surface area contributed by atoms with Crippen molar-refractivity contribution < 1.29 is 19.1 Å². The summed E-state index contributed by atoms with van der Waals surface area (Å²) in [6.45, 7) is 1.83. The van der Waals surface area contributed by atoms with Crippen molar-refractivity contribution in [1.82, 2.24) is 0 Å². The van der Waals surface area contributed by atoms with Gasteiger partial charge in [-0.2, -0.15) is 0 Å². The van der Waals surface area contributed by atoms with Crippen molar-refractivity contribution in [2.75, 3.05) is 14.2 Å². The van der Waals surface area contributed by atoms with Gasteiger partial charge in [0.2, 0.25) is 0 Å². The van der Waals surface area contributed by atoms with Crippen molar-refractivity contribution in [2.24, 2.45) is 11.8 Å². The number of carbonyl (C=O) groups excluding carboxylic acids is 2. The van der Waals surface area contributed by atoms with Gasteiger partial charge in [0.15, 0.2) is 5.92 Å². The molecule has 0 saturated carbocycles. The van der Waals surface area contributed by atoms with Crippen molar-refractivity contribution in [2.45, 2.75) is 6.92 Å². The van der Waals surface area contributed by atoms with E-state index in [1.165, 1.54) is 14.2 Å². The van der Waals surface area contributed by atoms with E-state index in [0.29, 0.717) is 0 Å². The molecule has 0 heterocycles. The number of carbonyl (C=O) groups is 2. The summed E-state index contributed by atoms with van der Waals surface area (Å²) in [5.74, 6) is -2.64. The monoisotopic (exact) mass is 338 g/mol. The Morgan fingerprint density at radius 1 is 0.840 bits per heavy atom. The number of methoxy groups -OCH3 is 2. The number of esters is 2. The molecule has 2 rings (SSSR count). The number of benzene rings is 2. The van der Waals surface area contributed by atoms with Crippen LogP contribution in [0.25, 0.3) is 11.6 Å². The summed E-state index contributed by atoms with van der Waals surface area (Å²) in [6.07, 6.45) is 1.98. The van der Waals surface area contributed by atoms with Gasteiger partial charge in [0.25, 0.3) is 0 Å². The topological polar surface area (TPSA) is 52.6 Å². The summed E-state index contributed by atoms with van der Waals surface area (Å²) in [4.78, 5) is 24.4. The van der Waals surface area contributed by atoms with Crippen LogP contribution in [0, 0.1) is 11.8 Å². The predicted molar refractivity (Wildman–Crippen MR) is 97.4 cm³/mol. The van der Waals surface area contributed by atoms with Crippen LogP contribution in [0.15, 0.2) is 60.7 Å². The lowest BCUT2D eigenvalue weighted by molar-refractivity contribution is -0.160. The highest BCUT2D eigenvalue weighted by Gasteiger charge is 2.36. The van der Waals surface area contributed by atoms with E-state index in [1.54, 1.807) is 0 Å². The van der Waals surface area contributed by atoms with Gasteiger partial charge in [-0.3, -0.25) is 9.59 Å². The SMILES string of the molecule is COC(=O)C(C(=O)OC)[C@H](C)/C(=C/c1ccccc1)c1ccccc1. The summed E-state index contributed by atoms with van der Waals surface area (Å²) >= 11 is 0. The van der Waals surface area contributed by atoms with Crippen molar-refractivity contribution >= 4 is 23.6 Å². The molecule has 0 unspecified atom stereocenters. The molecule has 0 amide bonds. The molecule has 4 heteroatoms. The molecule has 2 aromatic carbocycles. The molecule has 130 valence electrons. The largest absolute Gasteiger partial charge is 0.468 e. The summed E-state index contributed by atoms with van der Waals surface area (Å²) in [5.41, 5.74) is 2.80. The zero-order valence-electron chi connectivity index (χ0n) is 14.6. The van der Waals surface area contributed by atoms with Crippen molar-refractivity contribution in [3.63, 3.8) is 0 Å². The number of rotatable bonds is 6. The molecule has 0 aliphatic rings. The Balaban J connectivity index is 2.52. The summed E-state index contributed by atoms with van der Waals surface area (Å²) in [5, 5.41) is 0. The number of allylic oxidation sites excluding steroid dienone is 1. The minimum absolute atomic E-state index is 0.414. The van der Waals surface area contributed by atoms with Gasteiger partial charge in [-0.1, -0.05) is 73.7 Å². The van der Waals surface area contributed by atoms with Crippen LogP contribution in [-0.4, -0.2) is 26.2 Å². The van der Waals surface area contributed by atoms with Crippen LogP contribution in [0.3, 0.4) is 0 Å². The molecule has 0 spiro atoms. The molecule has 0 aliphatic carbocycles. The van der Waals surface area contributed by atoms with E-state index in [2.05, 4.69) is 0 Å². The Morgan fingerprint density at radius 2 is 1.32 bits per heavy atom. The first-order valence-electron chi connectivity index (χ1n) is 8.06. The second kappa shape index (κ2) is 8.83. The summed E-state index contributed by atoms with van der Waals surface area (Å²) in [7, 11) is 2.54. The number of hydrogen-bond acceptors (Lipinski definition) is 4. The third-order valence-electron chi connectivity index (χ3n) is 4.13. The van der Waals surface area contributed by atoms with Crippen LogP contribution in [-0.2, 0) is 19.1 Å². The van der Waals surface area contributed by atoms with Crippen molar-refractivity contribution in [3.8, 4) is 0 Å². The van der Waals surface area contributed by atoms with Gasteiger partial charge in [-0.25, -0.2) is 0 Å². The molecule has 0 saturated heterocycles. The van der Waals surface area contributed by atoms with E-state index >= 15 is 0 Å². The van der Waals surface area contributed by atoms with Crippen molar-refractivity contribution in [3.05, 3.63) is 71.8 Å². The molecule has 1 atom stereocenters. The van der Waals surface area contributed by atoms with E-state index < -0.39 is 23.8 Å². The van der Waals surface area contributed by atoms with Gasteiger partial charge in [0, 0.05) is 5.92 Å². The van der Waals surface area contributed by atoms with E-state index in [4.69, 9.17) is 9.47 Å². The first kappa shape index (κ1) is 18.5. The van der Waals surface area contributed by atoms with Gasteiger partial charge in [-0.15, -0.1) is 0 Å².